The third-order valence-corrected chi connectivity index (χ3v) is 16.5. The van der Waals surface area contributed by atoms with Gasteiger partial charge in [0.15, 0.2) is 0 Å². The second-order valence-corrected chi connectivity index (χ2v) is 23.3. The van der Waals surface area contributed by atoms with E-state index in [1.54, 1.807) is 0 Å². The normalized spacial score (nSPS) is 13.0. The topological polar surface area (TPSA) is 6.48 Å². The molecule has 0 aromatic heterocycles. The number of hydrogen-bond donors (Lipinski definition) is 0. The van der Waals surface area contributed by atoms with Gasteiger partial charge in [-0.2, -0.15) is 6.67 Å². The molecule has 7 aromatic rings. The Morgan fingerprint density at radius 2 is 0.724 bits per heavy atom. The fourth-order valence-corrected chi connectivity index (χ4v) is 14.2. The van der Waals surface area contributed by atoms with E-state index in [2.05, 4.69) is 210 Å². The van der Waals surface area contributed by atoms with Crippen LogP contribution in [0.4, 0.5) is 11.4 Å². The van der Waals surface area contributed by atoms with Crippen molar-refractivity contribution in [2.75, 3.05) is 22.9 Å². The molecule has 6 heteroatoms. The Morgan fingerprint density at radius 3 is 1.03 bits per heavy atom. The summed E-state index contributed by atoms with van der Waals surface area (Å²) in [6, 6.07) is 58.3. The molecule has 0 atom stereocenters. The molecule has 1 fully saturated rings. The molecule has 0 amide bonds. The molecule has 0 spiro atoms. The Morgan fingerprint density at radius 1 is 0.431 bits per heavy atom. The average Bonchev–Trinajstić information content (AvgIpc) is 3.82. The molecule has 1 saturated heterocycles. The minimum Gasteiger partial charge on any atom is -0.0620 e. The maximum absolute atomic E-state index is 6.21. The third kappa shape index (κ3) is 9.41. The van der Waals surface area contributed by atoms with Crippen LogP contribution in [0.3, 0.4) is 0 Å². The largest absolute Gasteiger partial charge is 0.102 e. The van der Waals surface area contributed by atoms with Gasteiger partial charge in [0.2, 0.25) is 0 Å². The number of fused-ring (bicyclic) bond motifs is 3. The van der Waals surface area contributed by atoms with Crippen LogP contribution in [0.5, 0.6) is 0 Å². The van der Waals surface area contributed by atoms with Crippen molar-refractivity contribution in [1.82, 2.24) is 0 Å². The molecule has 0 unspecified atom stereocenters. The van der Waals surface area contributed by atoms with Crippen molar-refractivity contribution in [3.63, 3.8) is 0 Å². The van der Waals surface area contributed by atoms with Crippen LogP contribution < -0.4 is 25.7 Å². The van der Waals surface area contributed by atoms with Crippen molar-refractivity contribution >= 4 is 58.7 Å². The average molecular weight is 907 g/mol. The van der Waals surface area contributed by atoms with Crippen LogP contribution in [0.15, 0.2) is 164 Å². The summed E-state index contributed by atoms with van der Waals surface area (Å²) in [5.74, 6) is 0. The van der Waals surface area contributed by atoms with Gasteiger partial charge in [-0.3, -0.25) is 0 Å². The van der Waals surface area contributed by atoms with E-state index in [9.17, 15) is 0 Å². The molecule has 0 bridgehead atoms. The van der Waals surface area contributed by atoms with Gasteiger partial charge in [-0.15, -0.1) is 0 Å². The van der Waals surface area contributed by atoms with Crippen molar-refractivity contribution in [3.05, 3.63) is 215 Å². The summed E-state index contributed by atoms with van der Waals surface area (Å²) in [4.78, 5) is 4.81. The molecular formula is C52H51Cl2N2PRu. The number of halogens is 2. The maximum atomic E-state index is 6.21. The molecule has 1 heterocycles. The second-order valence-electron chi connectivity index (χ2n) is 15.0. The first-order valence-electron chi connectivity index (χ1n) is 19.7. The van der Waals surface area contributed by atoms with Gasteiger partial charge < -0.3 is 9.80 Å². The van der Waals surface area contributed by atoms with E-state index in [1.165, 1.54) is 87.0 Å². The first kappa shape index (κ1) is 41.8. The van der Waals surface area contributed by atoms with Crippen molar-refractivity contribution in [3.8, 4) is 11.1 Å². The predicted molar refractivity (Wildman–Crippen MR) is 254 cm³/mol. The standard InChI is InChI=1S/C21H27N2.C18H15P.C13H8.2ClH.Ru/c1-14-9-16(3)20(17(4)10-14)22-7-8-23(13-22)21-18(5)11-15(2)12-19(21)6;1-4-10-16(11-5-1)19(17-12-6-2-7-13-17)18-14-8-3-9-15-18;1-3-7-12-10(5-1)9-11-6-2-4-8-13(11)12;;;/h9-13H,7-8H2,1-6H3;1-15H;1-8H;2*1H;/q-1;;;;;+2/p-1. The summed E-state index contributed by atoms with van der Waals surface area (Å²) in [7, 11) is 11.5. The van der Waals surface area contributed by atoms with Gasteiger partial charge in [0.25, 0.3) is 0 Å². The number of aryl methyl sites for hydroxylation is 6. The summed E-state index contributed by atoms with van der Waals surface area (Å²) in [5.41, 5.74) is 15.8. The molecule has 2 nitrogen and oxygen atoms in total. The van der Waals surface area contributed by atoms with Crippen LogP contribution in [0.25, 0.3) is 11.1 Å². The van der Waals surface area contributed by atoms with Crippen LogP contribution >= 0.6 is 27.3 Å². The van der Waals surface area contributed by atoms with Crippen LogP contribution in [0, 0.1) is 48.2 Å². The zero-order valence-electron chi connectivity index (χ0n) is 34.1. The summed E-state index contributed by atoms with van der Waals surface area (Å²) in [5, 5.41) is 4.31. The van der Waals surface area contributed by atoms with Crippen LogP contribution in [0.2, 0.25) is 0 Å². The first-order chi connectivity index (χ1) is 28.1. The van der Waals surface area contributed by atoms with E-state index in [0.29, 0.717) is 0 Å². The summed E-state index contributed by atoms with van der Waals surface area (Å²) >= 11 is -1.88. The van der Waals surface area contributed by atoms with Gasteiger partial charge in [-0.05, 0) is 100 Å². The first-order valence-corrected chi connectivity index (χ1v) is 26.6. The molecule has 58 heavy (non-hydrogen) atoms. The number of hydrogen-bond acceptors (Lipinski definition) is 2. The number of rotatable bonds is 5. The summed E-state index contributed by atoms with van der Waals surface area (Å²) in [6.07, 6.45) is 0. The molecule has 0 N–H and O–H groups in total. The Hall–Kier alpha value is -4.36. The van der Waals surface area contributed by atoms with Crippen molar-refractivity contribution in [2.24, 2.45) is 0 Å². The molecule has 2 aliphatic rings. The van der Waals surface area contributed by atoms with E-state index in [4.69, 9.17) is 19.4 Å². The quantitative estimate of drug-likeness (QED) is 0.0964. The summed E-state index contributed by atoms with van der Waals surface area (Å²) in [6.45, 7) is 17.6. The van der Waals surface area contributed by atoms with Gasteiger partial charge in [-0.1, -0.05) is 90.0 Å². The molecule has 296 valence electrons. The van der Waals surface area contributed by atoms with Gasteiger partial charge in [0.05, 0.1) is 7.92 Å². The Balaban J connectivity index is 0.000000135. The third-order valence-electron chi connectivity index (χ3n) is 10.6. The van der Waals surface area contributed by atoms with Gasteiger partial charge >= 0.3 is 108 Å². The SMILES string of the molecule is Cc1cc(C)c(N2[CH-]N(c3c(C)cc(C)cc3C)CC2)c(C)c1.[Cl][Ru]([Cl])=[C]1c2ccccc2-c2ccccc21.c1ccc([PH+](c2ccccc2)c2ccccc2)cc1. The van der Waals surface area contributed by atoms with Crippen LogP contribution in [0.1, 0.15) is 44.5 Å². The number of benzene rings is 7. The maximum Gasteiger partial charge on any atom is 0.102 e. The molecule has 1 aliphatic carbocycles. The number of nitrogens with zero attached hydrogens (tertiary/aromatic N) is 2. The molecular weight excluding hydrogens is 856 g/mol. The number of anilines is 2. The Labute approximate surface area is 360 Å². The molecule has 0 radical (unpaired) electrons. The van der Waals surface area contributed by atoms with Gasteiger partial charge in [0, 0.05) is 24.5 Å². The van der Waals surface area contributed by atoms with Crippen molar-refractivity contribution in [2.45, 2.75) is 41.5 Å². The Bertz CT molecular complexity index is 2280. The monoisotopic (exact) mass is 906 g/mol. The minimum absolute atomic E-state index is 0.877. The van der Waals surface area contributed by atoms with Crippen LogP contribution in [-0.4, -0.2) is 17.2 Å². The molecule has 9 rings (SSSR count). The van der Waals surface area contributed by atoms with Gasteiger partial charge in [-0.25, -0.2) is 0 Å². The zero-order valence-corrected chi connectivity index (χ0v) is 38.3. The molecule has 7 aromatic carbocycles. The van der Waals surface area contributed by atoms with E-state index >= 15 is 0 Å². The van der Waals surface area contributed by atoms with Crippen molar-refractivity contribution in [1.29, 1.82) is 0 Å². The smallest absolute Gasteiger partial charge is 0.0620 e. The minimum atomic E-state index is -1.88. The predicted octanol–water partition coefficient (Wildman–Crippen LogP) is 12.3. The van der Waals surface area contributed by atoms with Crippen molar-refractivity contribution < 1.29 is 13.5 Å². The van der Waals surface area contributed by atoms with E-state index < -0.39 is 21.4 Å². The molecule has 1 aliphatic heterocycles. The fourth-order valence-electron chi connectivity index (χ4n) is 8.50. The van der Waals surface area contributed by atoms with Crippen LogP contribution in [-0.2, 0) is 13.5 Å². The zero-order chi connectivity index (χ0) is 40.8. The van der Waals surface area contributed by atoms with Gasteiger partial charge in [0.1, 0.15) is 15.9 Å². The molecule has 0 saturated carbocycles. The second kappa shape index (κ2) is 19.1. The van der Waals surface area contributed by atoms with E-state index in [-0.39, 0.29) is 0 Å². The fraction of sp³-hybridized carbons (Fsp3) is 0.154. The summed E-state index contributed by atoms with van der Waals surface area (Å²) < 4.78 is 1.17. The Kier molecular flexibility index (Phi) is 13.8. The van der Waals surface area contributed by atoms with E-state index in [1.807, 2.05) is 12.1 Å². The van der Waals surface area contributed by atoms with E-state index in [0.717, 1.165) is 13.1 Å².